The van der Waals surface area contributed by atoms with Crippen molar-refractivity contribution >= 4 is 17.7 Å². The summed E-state index contributed by atoms with van der Waals surface area (Å²) in [7, 11) is 0. The van der Waals surface area contributed by atoms with Crippen LogP contribution in [0.5, 0.6) is 5.75 Å². The summed E-state index contributed by atoms with van der Waals surface area (Å²) in [5.74, 6) is 7.38. The fraction of sp³-hybridized carbons (Fsp3) is 0.526. The number of rotatable bonds is 8. The lowest BCUT2D eigenvalue weighted by Gasteiger charge is -2.26. The number of aromatic nitrogens is 3. The largest absolute Gasteiger partial charge is 0.485 e. The molecule has 1 aromatic carbocycles. The van der Waals surface area contributed by atoms with Gasteiger partial charge in [-0.25, -0.2) is 4.68 Å². The number of thioether (sulfide) groups is 1. The Morgan fingerprint density at radius 3 is 2.56 bits per heavy atom. The van der Waals surface area contributed by atoms with Gasteiger partial charge in [0.05, 0.1) is 5.25 Å². The van der Waals surface area contributed by atoms with Crippen molar-refractivity contribution in [2.45, 2.75) is 70.5 Å². The van der Waals surface area contributed by atoms with E-state index in [4.69, 9.17) is 10.6 Å². The molecule has 0 spiro atoms. The Hall–Kier alpha value is -2.22. The van der Waals surface area contributed by atoms with Crippen LogP contribution in [-0.2, 0) is 11.4 Å². The van der Waals surface area contributed by atoms with Gasteiger partial charge in [-0.2, -0.15) is 0 Å². The highest BCUT2D eigenvalue weighted by molar-refractivity contribution is 8.00. The van der Waals surface area contributed by atoms with Gasteiger partial charge in [0.2, 0.25) is 11.1 Å². The van der Waals surface area contributed by atoms with Crippen molar-refractivity contribution in [1.29, 1.82) is 0 Å². The molecule has 0 aliphatic rings. The van der Waals surface area contributed by atoms with Crippen molar-refractivity contribution < 1.29 is 9.53 Å². The van der Waals surface area contributed by atoms with Gasteiger partial charge in [0.1, 0.15) is 12.4 Å². The zero-order chi connectivity index (χ0) is 20.2. The van der Waals surface area contributed by atoms with Gasteiger partial charge in [0.15, 0.2) is 5.82 Å². The summed E-state index contributed by atoms with van der Waals surface area (Å²) in [4.78, 5) is 12.4. The minimum absolute atomic E-state index is 0.0526. The summed E-state index contributed by atoms with van der Waals surface area (Å²) in [5.41, 5.74) is 1.86. The molecule has 0 bridgehead atoms. The number of nitrogen functional groups attached to an aromatic ring is 1. The van der Waals surface area contributed by atoms with E-state index >= 15 is 0 Å². The lowest BCUT2D eigenvalue weighted by atomic mass is 10.0. The van der Waals surface area contributed by atoms with Gasteiger partial charge in [-0.1, -0.05) is 36.9 Å². The maximum atomic E-state index is 12.4. The third-order valence-electron chi connectivity index (χ3n) is 4.49. The smallest absolute Gasteiger partial charge is 0.233 e. The van der Waals surface area contributed by atoms with E-state index in [1.165, 1.54) is 16.4 Å². The van der Waals surface area contributed by atoms with Crippen LogP contribution in [-0.4, -0.2) is 31.6 Å². The summed E-state index contributed by atoms with van der Waals surface area (Å²) in [6.45, 7) is 12.1. The average molecular weight is 392 g/mol. The minimum Gasteiger partial charge on any atom is -0.485 e. The molecule has 2 aromatic rings. The summed E-state index contributed by atoms with van der Waals surface area (Å²) >= 11 is 1.28. The molecule has 1 aromatic heterocycles. The predicted molar refractivity (Wildman–Crippen MR) is 108 cm³/mol. The van der Waals surface area contributed by atoms with Crippen LogP contribution in [0.3, 0.4) is 0 Å². The lowest BCUT2D eigenvalue weighted by Crippen LogP contribution is -2.46. The first-order valence-corrected chi connectivity index (χ1v) is 9.89. The Bertz CT molecular complexity index is 783. The van der Waals surface area contributed by atoms with E-state index in [-0.39, 0.29) is 23.3 Å². The minimum atomic E-state index is -0.338. The Labute approximate surface area is 165 Å². The Morgan fingerprint density at radius 2 is 1.96 bits per heavy atom. The maximum Gasteiger partial charge on any atom is 0.233 e. The standard InChI is InChI=1S/C19H29N5O2S/c1-7-19(5,6)21-17(25)14(4)27-18-23-22-15(24(18)20)11-26-16-12(2)9-8-10-13(16)3/h8-10,14H,7,11,20H2,1-6H3,(H,21,25). The van der Waals surface area contributed by atoms with Gasteiger partial charge in [0, 0.05) is 5.54 Å². The van der Waals surface area contributed by atoms with Crippen LogP contribution < -0.4 is 15.9 Å². The molecule has 1 unspecified atom stereocenters. The normalized spacial score (nSPS) is 12.7. The second-order valence-electron chi connectivity index (χ2n) is 7.27. The van der Waals surface area contributed by atoms with E-state index in [0.29, 0.717) is 11.0 Å². The quantitative estimate of drug-likeness (QED) is 0.531. The molecule has 1 heterocycles. The first kappa shape index (κ1) is 21.1. The molecule has 27 heavy (non-hydrogen) atoms. The van der Waals surface area contributed by atoms with E-state index in [1.807, 2.05) is 59.7 Å². The average Bonchev–Trinajstić information content (AvgIpc) is 2.94. The molecule has 148 valence electrons. The zero-order valence-electron chi connectivity index (χ0n) is 16.9. The van der Waals surface area contributed by atoms with Crippen LogP contribution in [0.1, 0.15) is 51.1 Å². The molecule has 0 aliphatic carbocycles. The number of benzene rings is 1. The molecular weight excluding hydrogens is 362 g/mol. The molecule has 2 rings (SSSR count). The van der Waals surface area contributed by atoms with Crippen molar-refractivity contribution in [3.8, 4) is 5.75 Å². The number of nitrogens with two attached hydrogens (primary N) is 1. The molecule has 0 fully saturated rings. The van der Waals surface area contributed by atoms with Crippen LogP contribution >= 0.6 is 11.8 Å². The number of carbonyl (C=O) groups excluding carboxylic acids is 1. The summed E-state index contributed by atoms with van der Waals surface area (Å²) < 4.78 is 7.27. The van der Waals surface area contributed by atoms with E-state index in [1.54, 1.807) is 0 Å². The molecule has 0 saturated carbocycles. The molecule has 0 saturated heterocycles. The molecule has 8 heteroatoms. The third kappa shape index (κ3) is 5.38. The number of ether oxygens (including phenoxy) is 1. The summed E-state index contributed by atoms with van der Waals surface area (Å²) in [6.07, 6.45) is 0.850. The van der Waals surface area contributed by atoms with Crippen LogP contribution in [0.2, 0.25) is 0 Å². The number of para-hydroxylation sites is 1. The molecule has 7 nitrogen and oxygen atoms in total. The number of carbonyl (C=O) groups is 1. The summed E-state index contributed by atoms with van der Waals surface area (Å²) in [6, 6.07) is 5.98. The van der Waals surface area contributed by atoms with E-state index in [2.05, 4.69) is 15.5 Å². The Morgan fingerprint density at radius 1 is 1.33 bits per heavy atom. The number of hydrogen-bond acceptors (Lipinski definition) is 6. The highest BCUT2D eigenvalue weighted by atomic mass is 32.2. The van der Waals surface area contributed by atoms with Crippen LogP contribution in [0, 0.1) is 13.8 Å². The van der Waals surface area contributed by atoms with Gasteiger partial charge in [-0.3, -0.25) is 4.79 Å². The first-order valence-electron chi connectivity index (χ1n) is 9.01. The van der Waals surface area contributed by atoms with Crippen LogP contribution in [0.15, 0.2) is 23.4 Å². The van der Waals surface area contributed by atoms with Gasteiger partial charge in [-0.15, -0.1) is 10.2 Å². The molecule has 0 radical (unpaired) electrons. The second-order valence-corrected chi connectivity index (χ2v) is 8.57. The number of amides is 1. The van der Waals surface area contributed by atoms with Gasteiger partial charge >= 0.3 is 0 Å². The van der Waals surface area contributed by atoms with Crippen molar-refractivity contribution in [1.82, 2.24) is 20.2 Å². The van der Waals surface area contributed by atoms with Gasteiger partial charge < -0.3 is 15.9 Å². The van der Waals surface area contributed by atoms with Crippen molar-refractivity contribution in [2.75, 3.05) is 5.84 Å². The molecule has 1 atom stereocenters. The molecule has 1 amide bonds. The van der Waals surface area contributed by atoms with Gasteiger partial charge in [-0.05, 0) is 52.2 Å². The van der Waals surface area contributed by atoms with E-state index in [9.17, 15) is 4.79 Å². The van der Waals surface area contributed by atoms with E-state index in [0.717, 1.165) is 23.3 Å². The van der Waals surface area contributed by atoms with Crippen LogP contribution in [0.25, 0.3) is 0 Å². The van der Waals surface area contributed by atoms with E-state index < -0.39 is 0 Å². The molecular formula is C19H29N5O2S. The SMILES string of the molecule is CCC(C)(C)NC(=O)C(C)Sc1nnc(COc2c(C)cccc2C)n1N. The second kappa shape index (κ2) is 8.65. The lowest BCUT2D eigenvalue weighted by molar-refractivity contribution is -0.121. The third-order valence-corrected chi connectivity index (χ3v) is 5.54. The highest BCUT2D eigenvalue weighted by Gasteiger charge is 2.24. The van der Waals surface area contributed by atoms with Crippen molar-refractivity contribution in [2.24, 2.45) is 0 Å². The first-order chi connectivity index (χ1) is 12.6. The zero-order valence-corrected chi connectivity index (χ0v) is 17.7. The van der Waals surface area contributed by atoms with Crippen molar-refractivity contribution in [3.63, 3.8) is 0 Å². The highest BCUT2D eigenvalue weighted by Crippen LogP contribution is 2.25. The fourth-order valence-corrected chi connectivity index (χ4v) is 3.17. The predicted octanol–water partition coefficient (Wildman–Crippen LogP) is 2.97. The van der Waals surface area contributed by atoms with Crippen LogP contribution in [0.4, 0.5) is 0 Å². The Kier molecular flexibility index (Phi) is 6.75. The number of aryl methyl sites for hydroxylation is 2. The van der Waals surface area contributed by atoms with Crippen molar-refractivity contribution in [3.05, 3.63) is 35.2 Å². The van der Waals surface area contributed by atoms with Gasteiger partial charge in [0.25, 0.3) is 0 Å². The monoisotopic (exact) mass is 391 g/mol. The Balaban J connectivity index is 2.01. The number of nitrogens with zero attached hydrogens (tertiary/aromatic N) is 3. The molecule has 0 aliphatic heterocycles. The maximum absolute atomic E-state index is 12.4. The molecule has 3 N–H and O–H groups in total. The topological polar surface area (TPSA) is 95.1 Å². The number of nitrogens with one attached hydrogen (secondary N) is 1. The fourth-order valence-electron chi connectivity index (χ4n) is 2.38. The number of hydrogen-bond donors (Lipinski definition) is 2. The summed E-state index contributed by atoms with van der Waals surface area (Å²) in [5, 5.41) is 11.4.